The molecule has 1 saturated carbocycles. The van der Waals surface area contributed by atoms with E-state index in [4.69, 9.17) is 10.5 Å². The van der Waals surface area contributed by atoms with E-state index in [-0.39, 0.29) is 5.92 Å². The summed E-state index contributed by atoms with van der Waals surface area (Å²) in [5.41, 5.74) is 4.81. The number of nitrogens with zero attached hydrogens (tertiary/aromatic N) is 1. The summed E-state index contributed by atoms with van der Waals surface area (Å²) in [6.45, 7) is 1.37. The summed E-state index contributed by atoms with van der Waals surface area (Å²) in [7, 11) is 0. The lowest BCUT2D eigenvalue weighted by atomic mass is 9.73. The molecule has 1 aromatic rings. The van der Waals surface area contributed by atoms with Crippen molar-refractivity contribution in [1.29, 1.82) is 0 Å². The summed E-state index contributed by atoms with van der Waals surface area (Å²) < 4.78 is 5.17. The third kappa shape index (κ3) is 3.51. The molecule has 3 rings (SSSR count). The van der Waals surface area contributed by atoms with Crippen LogP contribution in [0.1, 0.15) is 44.3 Å². The quantitative estimate of drug-likeness (QED) is 0.595. The third-order valence-corrected chi connectivity index (χ3v) is 5.40. The minimum Gasteiger partial charge on any atom is -0.446 e. The fraction of sp³-hybridized carbons (Fsp3) is 0.474. The van der Waals surface area contributed by atoms with Crippen molar-refractivity contribution in [2.45, 2.75) is 44.2 Å². The van der Waals surface area contributed by atoms with Crippen molar-refractivity contribution < 1.29 is 23.9 Å². The Morgan fingerprint density at radius 1 is 1.30 bits per heavy atom. The standard InChI is InChI=1S/C19H23N3O5/c1-12-7-5-6-10-19(12)17(25)22(18(26)21-19)11-14(23)27-15(16(20)24)13-8-3-2-4-9-13/h2-4,8-9,12,15H,5-7,10-11H2,1H3,(H2,20,24)(H,21,26). The van der Waals surface area contributed by atoms with Crippen LogP contribution >= 0.6 is 0 Å². The summed E-state index contributed by atoms with van der Waals surface area (Å²) in [5, 5.41) is 2.77. The van der Waals surface area contributed by atoms with Gasteiger partial charge in [0.05, 0.1) is 0 Å². The zero-order valence-electron chi connectivity index (χ0n) is 15.1. The lowest BCUT2D eigenvalue weighted by Gasteiger charge is -2.36. The summed E-state index contributed by atoms with van der Waals surface area (Å²) in [6, 6.07) is 7.72. The first-order valence-electron chi connectivity index (χ1n) is 9.03. The molecule has 1 spiro atoms. The monoisotopic (exact) mass is 373 g/mol. The van der Waals surface area contributed by atoms with Crippen molar-refractivity contribution in [3.8, 4) is 0 Å². The molecule has 1 saturated heterocycles. The highest BCUT2D eigenvalue weighted by Gasteiger charge is 2.55. The maximum Gasteiger partial charge on any atom is 0.327 e. The molecule has 3 N–H and O–H groups in total. The number of nitrogens with one attached hydrogen (secondary N) is 1. The fourth-order valence-electron chi connectivity index (χ4n) is 3.86. The van der Waals surface area contributed by atoms with Crippen molar-refractivity contribution in [1.82, 2.24) is 10.2 Å². The number of urea groups is 1. The topological polar surface area (TPSA) is 119 Å². The van der Waals surface area contributed by atoms with Gasteiger partial charge in [0.1, 0.15) is 12.1 Å². The maximum absolute atomic E-state index is 12.9. The molecular weight excluding hydrogens is 350 g/mol. The summed E-state index contributed by atoms with van der Waals surface area (Å²) in [4.78, 5) is 50.1. The van der Waals surface area contributed by atoms with Gasteiger partial charge in [0.15, 0.2) is 0 Å². The zero-order chi connectivity index (χ0) is 19.6. The van der Waals surface area contributed by atoms with Gasteiger partial charge in [0, 0.05) is 5.56 Å². The molecule has 27 heavy (non-hydrogen) atoms. The van der Waals surface area contributed by atoms with E-state index in [1.807, 2.05) is 6.92 Å². The smallest absolute Gasteiger partial charge is 0.327 e. The maximum atomic E-state index is 12.9. The molecule has 144 valence electrons. The molecule has 0 bridgehead atoms. The average Bonchev–Trinajstić information content (AvgIpc) is 2.88. The number of nitrogens with two attached hydrogens (primary N) is 1. The van der Waals surface area contributed by atoms with Gasteiger partial charge < -0.3 is 15.8 Å². The number of amides is 4. The van der Waals surface area contributed by atoms with Crippen LogP contribution in [0, 0.1) is 5.92 Å². The van der Waals surface area contributed by atoms with Crippen LogP contribution in [0.25, 0.3) is 0 Å². The lowest BCUT2D eigenvalue weighted by molar-refractivity contribution is -0.157. The van der Waals surface area contributed by atoms with Crippen molar-refractivity contribution in [3.63, 3.8) is 0 Å². The van der Waals surface area contributed by atoms with Gasteiger partial charge in [-0.25, -0.2) is 4.79 Å². The van der Waals surface area contributed by atoms with Crippen LogP contribution in [-0.2, 0) is 19.1 Å². The van der Waals surface area contributed by atoms with Crippen LogP contribution in [-0.4, -0.2) is 40.8 Å². The fourth-order valence-corrected chi connectivity index (χ4v) is 3.86. The van der Waals surface area contributed by atoms with Crippen LogP contribution < -0.4 is 11.1 Å². The van der Waals surface area contributed by atoms with E-state index in [0.717, 1.165) is 24.2 Å². The second-order valence-electron chi connectivity index (χ2n) is 7.12. The Morgan fingerprint density at radius 2 is 2.00 bits per heavy atom. The van der Waals surface area contributed by atoms with E-state index in [2.05, 4.69) is 5.32 Å². The van der Waals surface area contributed by atoms with E-state index in [0.29, 0.717) is 12.0 Å². The normalized spacial score (nSPS) is 26.0. The van der Waals surface area contributed by atoms with E-state index in [1.165, 1.54) is 0 Å². The van der Waals surface area contributed by atoms with Gasteiger partial charge in [-0.2, -0.15) is 0 Å². The van der Waals surface area contributed by atoms with Gasteiger partial charge in [0.25, 0.3) is 11.8 Å². The van der Waals surface area contributed by atoms with Crippen LogP contribution in [0.15, 0.2) is 30.3 Å². The number of hydrogen-bond donors (Lipinski definition) is 2. The minimum absolute atomic E-state index is 0.00796. The van der Waals surface area contributed by atoms with Crippen molar-refractivity contribution >= 4 is 23.8 Å². The Morgan fingerprint density at radius 3 is 2.63 bits per heavy atom. The predicted octanol–water partition coefficient (Wildman–Crippen LogP) is 1.26. The third-order valence-electron chi connectivity index (χ3n) is 5.40. The SMILES string of the molecule is CC1CCCCC12NC(=O)N(CC(=O)OC(C(N)=O)c1ccccc1)C2=O. The Balaban J connectivity index is 1.71. The number of carbonyl (C=O) groups is 4. The zero-order valence-corrected chi connectivity index (χ0v) is 15.1. The van der Waals surface area contributed by atoms with E-state index in [9.17, 15) is 19.2 Å². The first-order valence-corrected chi connectivity index (χ1v) is 9.03. The second-order valence-corrected chi connectivity index (χ2v) is 7.12. The number of rotatable bonds is 5. The number of hydrogen-bond acceptors (Lipinski definition) is 5. The number of esters is 1. The average molecular weight is 373 g/mol. The number of ether oxygens (including phenoxy) is 1. The van der Waals surface area contributed by atoms with Gasteiger partial charge in [-0.15, -0.1) is 0 Å². The van der Waals surface area contributed by atoms with Gasteiger partial charge in [-0.1, -0.05) is 50.1 Å². The molecule has 8 nitrogen and oxygen atoms in total. The highest BCUT2D eigenvalue weighted by molar-refractivity contribution is 6.09. The van der Waals surface area contributed by atoms with E-state index in [1.54, 1.807) is 30.3 Å². The molecule has 0 radical (unpaired) electrons. The number of carbonyl (C=O) groups excluding carboxylic acids is 4. The van der Waals surface area contributed by atoms with Gasteiger partial charge in [0.2, 0.25) is 6.10 Å². The molecule has 0 aromatic heterocycles. The van der Waals surface area contributed by atoms with Gasteiger partial charge in [-0.05, 0) is 18.8 Å². The van der Waals surface area contributed by atoms with Crippen LogP contribution in [0.5, 0.6) is 0 Å². The predicted molar refractivity (Wildman–Crippen MR) is 95.1 cm³/mol. The van der Waals surface area contributed by atoms with Crippen molar-refractivity contribution in [2.24, 2.45) is 11.7 Å². The largest absolute Gasteiger partial charge is 0.446 e. The molecule has 1 heterocycles. The molecule has 1 aliphatic heterocycles. The molecule has 1 aliphatic carbocycles. The second kappa shape index (κ2) is 7.38. The Kier molecular flexibility index (Phi) is 5.16. The van der Waals surface area contributed by atoms with E-state index < -0.39 is 42.0 Å². The Bertz CT molecular complexity index is 766. The highest BCUT2D eigenvalue weighted by Crippen LogP contribution is 2.38. The summed E-state index contributed by atoms with van der Waals surface area (Å²) in [6.07, 6.45) is 1.96. The molecule has 8 heteroatoms. The Hall–Kier alpha value is -2.90. The number of imide groups is 1. The Labute approximate surface area is 157 Å². The van der Waals surface area contributed by atoms with Gasteiger partial charge >= 0.3 is 12.0 Å². The summed E-state index contributed by atoms with van der Waals surface area (Å²) >= 11 is 0. The molecule has 2 fully saturated rings. The highest BCUT2D eigenvalue weighted by atomic mass is 16.5. The van der Waals surface area contributed by atoms with Crippen molar-refractivity contribution in [3.05, 3.63) is 35.9 Å². The number of benzene rings is 1. The van der Waals surface area contributed by atoms with Crippen LogP contribution in [0.3, 0.4) is 0 Å². The summed E-state index contributed by atoms with van der Waals surface area (Å²) in [5.74, 6) is -2.12. The first kappa shape index (κ1) is 18.9. The van der Waals surface area contributed by atoms with Crippen molar-refractivity contribution in [2.75, 3.05) is 6.54 Å². The number of primary amides is 1. The lowest BCUT2D eigenvalue weighted by Crippen LogP contribution is -2.54. The molecule has 1 aromatic carbocycles. The van der Waals surface area contributed by atoms with Gasteiger partial charge in [-0.3, -0.25) is 19.3 Å². The van der Waals surface area contributed by atoms with Crippen LogP contribution in [0.4, 0.5) is 4.79 Å². The molecule has 2 aliphatic rings. The van der Waals surface area contributed by atoms with Crippen LogP contribution in [0.2, 0.25) is 0 Å². The molecule has 3 unspecified atom stereocenters. The first-order chi connectivity index (χ1) is 12.8. The molecule has 3 atom stereocenters. The van der Waals surface area contributed by atoms with E-state index >= 15 is 0 Å². The minimum atomic E-state index is -1.28. The molecule has 4 amide bonds. The molecular formula is C19H23N3O5.